The minimum absolute atomic E-state index is 0.0305. The lowest BCUT2D eigenvalue weighted by Crippen LogP contribution is -2.30. The average molecular weight is 325 g/mol. The number of nitrogens with zero attached hydrogens (tertiary/aromatic N) is 2. The van der Waals surface area contributed by atoms with Gasteiger partial charge in [0.2, 0.25) is 5.91 Å². The molecule has 0 aliphatic rings. The summed E-state index contributed by atoms with van der Waals surface area (Å²) in [4.78, 5) is 32.7. The maximum absolute atomic E-state index is 12.1. The Kier molecular flexibility index (Phi) is 4.73. The summed E-state index contributed by atoms with van der Waals surface area (Å²) in [7, 11) is 1.73. The van der Waals surface area contributed by atoms with E-state index in [1.54, 1.807) is 23.7 Å². The molecule has 5 nitrogen and oxygen atoms in total. The number of thiophene rings is 1. The molecule has 2 rings (SSSR count). The third-order valence-corrected chi connectivity index (χ3v) is 4.96. The molecule has 0 radical (unpaired) electrons. The Morgan fingerprint density at radius 3 is 2.86 bits per heavy atom. The van der Waals surface area contributed by atoms with Crippen LogP contribution in [0.3, 0.4) is 0 Å². The Morgan fingerprint density at radius 1 is 1.48 bits per heavy atom. The highest BCUT2D eigenvalue weighted by Gasteiger charge is 2.17. The molecule has 7 heteroatoms. The quantitative estimate of drug-likeness (QED) is 0.938. The number of hydrogen-bond donors (Lipinski definition) is 1. The van der Waals surface area contributed by atoms with Gasteiger partial charge in [0.15, 0.2) is 0 Å². The number of H-pyrrole nitrogens is 1. The monoisotopic (exact) mass is 325 g/mol. The van der Waals surface area contributed by atoms with E-state index >= 15 is 0 Å². The van der Waals surface area contributed by atoms with Crippen molar-refractivity contribution in [2.45, 2.75) is 32.1 Å². The zero-order valence-electron chi connectivity index (χ0n) is 12.6. The maximum atomic E-state index is 12.1. The molecule has 0 saturated carbocycles. The van der Waals surface area contributed by atoms with E-state index in [0.717, 1.165) is 0 Å². The first-order valence-corrected chi connectivity index (χ1v) is 8.47. The van der Waals surface area contributed by atoms with Crippen molar-refractivity contribution in [3.63, 3.8) is 0 Å². The summed E-state index contributed by atoms with van der Waals surface area (Å²) in [6.07, 6.45) is 0. The predicted molar refractivity (Wildman–Crippen MR) is 88.9 cm³/mol. The Morgan fingerprint density at radius 2 is 2.19 bits per heavy atom. The fourth-order valence-corrected chi connectivity index (χ4v) is 3.20. The van der Waals surface area contributed by atoms with Gasteiger partial charge in [-0.3, -0.25) is 9.59 Å². The van der Waals surface area contributed by atoms with Crippen LogP contribution in [0.15, 0.2) is 16.2 Å². The average Bonchev–Trinajstić information content (AvgIpc) is 2.83. The Bertz CT molecular complexity index is 700. The second kappa shape index (κ2) is 6.19. The Hall–Kier alpha value is -1.34. The van der Waals surface area contributed by atoms with Crippen LogP contribution in [0.4, 0.5) is 0 Å². The van der Waals surface area contributed by atoms with Crippen LogP contribution in [0, 0.1) is 0 Å². The van der Waals surface area contributed by atoms with Gasteiger partial charge in [0.1, 0.15) is 10.5 Å². The lowest BCUT2D eigenvalue weighted by Gasteiger charge is -2.21. The fourth-order valence-electron chi connectivity index (χ4n) is 1.70. The lowest BCUT2D eigenvalue weighted by molar-refractivity contribution is -0.127. The first-order valence-electron chi connectivity index (χ1n) is 6.60. The number of fused-ring (bicyclic) bond motifs is 1. The van der Waals surface area contributed by atoms with Crippen LogP contribution >= 0.6 is 23.1 Å². The van der Waals surface area contributed by atoms with E-state index in [9.17, 15) is 9.59 Å². The van der Waals surface area contributed by atoms with Crippen LogP contribution in [0.25, 0.3) is 10.2 Å². The van der Waals surface area contributed by atoms with Crippen molar-refractivity contribution in [1.82, 2.24) is 14.9 Å². The Labute approximate surface area is 131 Å². The molecule has 0 unspecified atom stereocenters. The highest BCUT2D eigenvalue weighted by atomic mass is 32.2. The number of aromatic nitrogens is 2. The number of aromatic amines is 1. The number of hydrogen-bond acceptors (Lipinski definition) is 5. The summed E-state index contributed by atoms with van der Waals surface area (Å²) in [5.41, 5.74) is 0.540. The number of carbonyl (C=O) groups excluding carboxylic acids is 1. The number of amides is 1. The molecule has 0 aromatic carbocycles. The number of nitrogens with one attached hydrogen (secondary N) is 1. The molecule has 114 valence electrons. The molecule has 21 heavy (non-hydrogen) atoms. The first kappa shape index (κ1) is 16.0. The summed E-state index contributed by atoms with van der Waals surface area (Å²) >= 11 is 2.97. The molecular weight excluding hydrogens is 306 g/mol. The van der Waals surface area contributed by atoms with E-state index in [-0.39, 0.29) is 16.2 Å². The third-order valence-electron chi connectivity index (χ3n) is 2.81. The summed E-state index contributed by atoms with van der Waals surface area (Å²) in [5.74, 6) is 0.968. The molecule has 2 heterocycles. The standard InChI is InChI=1S/C14H19N3O2S2/c1-14(2,3)21-8-11(18)17(4)7-10-15-9-5-6-20-12(9)13(19)16-10/h5-6H,7-8H2,1-4H3,(H,15,16,19). The smallest absolute Gasteiger partial charge is 0.268 e. The van der Waals surface area contributed by atoms with E-state index < -0.39 is 0 Å². The van der Waals surface area contributed by atoms with Crippen molar-refractivity contribution < 1.29 is 4.79 Å². The van der Waals surface area contributed by atoms with Crippen LogP contribution in [-0.2, 0) is 11.3 Å². The molecule has 0 aliphatic heterocycles. The van der Waals surface area contributed by atoms with Crippen molar-refractivity contribution in [2.24, 2.45) is 0 Å². The zero-order chi connectivity index (χ0) is 15.6. The summed E-state index contributed by atoms with van der Waals surface area (Å²) < 4.78 is 0.676. The van der Waals surface area contributed by atoms with E-state index in [2.05, 4.69) is 30.7 Å². The van der Waals surface area contributed by atoms with Crippen LogP contribution in [0.5, 0.6) is 0 Å². The summed E-state index contributed by atoms with van der Waals surface area (Å²) in [6, 6.07) is 1.82. The van der Waals surface area contributed by atoms with Crippen LogP contribution in [-0.4, -0.2) is 38.3 Å². The summed E-state index contributed by atoms with van der Waals surface area (Å²) in [6.45, 7) is 6.54. The highest BCUT2D eigenvalue weighted by molar-refractivity contribution is 8.01. The molecule has 0 atom stereocenters. The minimum atomic E-state index is -0.144. The number of thioether (sulfide) groups is 1. The van der Waals surface area contributed by atoms with E-state index in [1.165, 1.54) is 11.3 Å². The van der Waals surface area contributed by atoms with Gasteiger partial charge in [-0.25, -0.2) is 4.98 Å². The molecular formula is C14H19N3O2S2. The second-order valence-corrected chi connectivity index (χ2v) is 8.52. The van der Waals surface area contributed by atoms with Crippen molar-refractivity contribution >= 4 is 39.2 Å². The van der Waals surface area contributed by atoms with Gasteiger partial charge in [0, 0.05) is 11.8 Å². The molecule has 0 aliphatic carbocycles. The van der Waals surface area contributed by atoms with E-state index in [0.29, 0.717) is 28.3 Å². The van der Waals surface area contributed by atoms with Crippen molar-refractivity contribution in [3.8, 4) is 0 Å². The summed E-state index contributed by atoms with van der Waals surface area (Å²) in [5, 5.41) is 1.84. The molecule has 1 N–H and O–H groups in total. The van der Waals surface area contributed by atoms with Crippen LogP contribution < -0.4 is 5.56 Å². The van der Waals surface area contributed by atoms with Gasteiger partial charge in [0.05, 0.1) is 17.8 Å². The third kappa shape index (κ3) is 4.31. The highest BCUT2D eigenvalue weighted by Crippen LogP contribution is 2.23. The first-order chi connectivity index (χ1) is 9.76. The topological polar surface area (TPSA) is 66.1 Å². The number of rotatable bonds is 4. The lowest BCUT2D eigenvalue weighted by atomic mass is 10.3. The zero-order valence-corrected chi connectivity index (χ0v) is 14.2. The van der Waals surface area contributed by atoms with Crippen LogP contribution in [0.1, 0.15) is 26.6 Å². The maximum Gasteiger partial charge on any atom is 0.268 e. The SMILES string of the molecule is CN(Cc1nc2ccsc2c(=O)[nH]1)C(=O)CSC(C)(C)C. The van der Waals surface area contributed by atoms with Gasteiger partial charge in [0.25, 0.3) is 5.56 Å². The van der Waals surface area contributed by atoms with Crippen molar-refractivity contribution in [2.75, 3.05) is 12.8 Å². The minimum Gasteiger partial charge on any atom is -0.338 e. The van der Waals surface area contributed by atoms with Gasteiger partial charge in [-0.15, -0.1) is 23.1 Å². The largest absolute Gasteiger partial charge is 0.338 e. The molecule has 0 saturated heterocycles. The van der Waals surface area contributed by atoms with Gasteiger partial charge < -0.3 is 9.88 Å². The van der Waals surface area contributed by atoms with E-state index in [1.807, 2.05) is 11.4 Å². The van der Waals surface area contributed by atoms with Gasteiger partial charge in [-0.05, 0) is 11.4 Å². The Balaban J connectivity index is 2.05. The van der Waals surface area contributed by atoms with Gasteiger partial charge in [-0.2, -0.15) is 0 Å². The van der Waals surface area contributed by atoms with Crippen LogP contribution in [0.2, 0.25) is 0 Å². The van der Waals surface area contributed by atoms with E-state index in [4.69, 9.17) is 0 Å². The molecule has 0 fully saturated rings. The molecule has 0 bridgehead atoms. The van der Waals surface area contributed by atoms with Crippen molar-refractivity contribution in [3.05, 3.63) is 27.6 Å². The number of carbonyl (C=O) groups is 1. The molecule has 1 amide bonds. The fraction of sp³-hybridized carbons (Fsp3) is 0.500. The predicted octanol–water partition coefficient (Wildman–Crippen LogP) is 2.47. The normalized spacial score (nSPS) is 11.8. The molecule has 2 aromatic heterocycles. The molecule has 0 spiro atoms. The van der Waals surface area contributed by atoms with Gasteiger partial charge >= 0.3 is 0 Å². The van der Waals surface area contributed by atoms with Crippen molar-refractivity contribution in [1.29, 1.82) is 0 Å². The second-order valence-electron chi connectivity index (χ2n) is 5.80. The van der Waals surface area contributed by atoms with Gasteiger partial charge in [-0.1, -0.05) is 20.8 Å². The molecule has 2 aromatic rings.